The third kappa shape index (κ3) is 7.23. The number of amides is 1. The molecule has 2 fully saturated rings. The minimum absolute atomic E-state index is 0.00627. The number of thiophene rings is 1. The predicted molar refractivity (Wildman–Crippen MR) is 188 cm³/mol. The van der Waals surface area contributed by atoms with E-state index in [0.717, 1.165) is 56.8 Å². The van der Waals surface area contributed by atoms with Gasteiger partial charge < -0.3 is 25.2 Å². The topological polar surface area (TPSA) is 120 Å². The van der Waals surface area contributed by atoms with Gasteiger partial charge in [-0.2, -0.15) is 4.98 Å². The lowest BCUT2D eigenvalue weighted by Crippen LogP contribution is -2.52. The lowest BCUT2D eigenvalue weighted by molar-refractivity contribution is 0.0518. The molecule has 47 heavy (non-hydrogen) atoms. The van der Waals surface area contributed by atoms with Crippen LogP contribution < -0.4 is 15.4 Å². The number of piperazine rings is 1. The van der Waals surface area contributed by atoms with E-state index in [0.29, 0.717) is 52.6 Å². The highest BCUT2D eigenvalue weighted by molar-refractivity contribution is 7.92. The van der Waals surface area contributed by atoms with E-state index in [9.17, 15) is 13.2 Å². The van der Waals surface area contributed by atoms with Crippen LogP contribution in [0.5, 0.6) is 5.75 Å². The molecule has 4 aromatic rings. The Morgan fingerprint density at radius 3 is 2.45 bits per heavy atom. The number of ether oxygens (including phenoxy) is 1. The number of sulfone groups is 1. The number of hydrogen-bond donors (Lipinski definition) is 2. The molecule has 0 bridgehead atoms. The van der Waals surface area contributed by atoms with E-state index in [1.165, 1.54) is 11.3 Å². The molecule has 2 aromatic heterocycles. The molecule has 2 N–H and O–H groups in total. The molecule has 250 valence electrons. The molecule has 13 heteroatoms. The molecule has 6 rings (SSSR count). The quantitative estimate of drug-likeness (QED) is 0.219. The van der Waals surface area contributed by atoms with Crippen molar-refractivity contribution >= 4 is 60.4 Å². The first-order chi connectivity index (χ1) is 22.6. The van der Waals surface area contributed by atoms with E-state index in [-0.39, 0.29) is 10.8 Å². The molecule has 2 aliphatic heterocycles. The van der Waals surface area contributed by atoms with Gasteiger partial charge >= 0.3 is 0 Å². The summed E-state index contributed by atoms with van der Waals surface area (Å²) in [6.45, 7) is 11.5. The van der Waals surface area contributed by atoms with E-state index in [1.54, 1.807) is 44.2 Å². The van der Waals surface area contributed by atoms with Crippen molar-refractivity contribution in [2.75, 3.05) is 63.6 Å². The maximum atomic E-state index is 13.6. The monoisotopic (exact) mass is 677 g/mol. The maximum Gasteiger partial charge on any atom is 0.253 e. The summed E-state index contributed by atoms with van der Waals surface area (Å²) in [4.78, 5) is 30.2. The number of hydrogen-bond acceptors (Lipinski definition) is 11. The highest BCUT2D eigenvalue weighted by atomic mass is 32.2. The zero-order valence-electron chi connectivity index (χ0n) is 27.4. The van der Waals surface area contributed by atoms with Crippen LogP contribution in [0.25, 0.3) is 10.2 Å². The Hall–Kier alpha value is -3.78. The number of anilines is 4. The number of benzene rings is 2. The number of carbonyl (C=O) groups excluding carboxylic acids is 1. The van der Waals surface area contributed by atoms with Crippen LogP contribution in [-0.2, 0) is 9.84 Å². The van der Waals surface area contributed by atoms with Crippen molar-refractivity contribution in [3.63, 3.8) is 0 Å². The van der Waals surface area contributed by atoms with Gasteiger partial charge in [-0.25, -0.2) is 13.4 Å². The normalized spacial score (nSPS) is 16.9. The van der Waals surface area contributed by atoms with E-state index >= 15 is 0 Å². The summed E-state index contributed by atoms with van der Waals surface area (Å²) >= 11 is 1.47. The Labute approximate surface area is 280 Å². The highest BCUT2D eigenvalue weighted by Gasteiger charge is 2.29. The molecule has 0 aliphatic carbocycles. The molecule has 0 atom stereocenters. The summed E-state index contributed by atoms with van der Waals surface area (Å²) in [5.74, 6) is 1.34. The number of likely N-dealkylation sites (tertiary alicyclic amines) is 1. The van der Waals surface area contributed by atoms with E-state index in [2.05, 4.69) is 27.5 Å². The number of nitrogens with zero attached hydrogens (tertiary/aromatic N) is 5. The lowest BCUT2D eigenvalue weighted by atomic mass is 10.0. The molecular weight excluding hydrogens is 635 g/mol. The second-order valence-corrected chi connectivity index (χ2v) is 15.8. The maximum absolute atomic E-state index is 13.6. The number of rotatable bonds is 10. The first-order valence-corrected chi connectivity index (χ1v) is 18.7. The minimum Gasteiger partial charge on any atom is -0.492 e. The summed E-state index contributed by atoms with van der Waals surface area (Å²) in [7, 11) is -1.37. The zero-order valence-corrected chi connectivity index (χ0v) is 29.0. The third-order valence-corrected chi connectivity index (χ3v) is 12.1. The van der Waals surface area contributed by atoms with Gasteiger partial charge in [0.15, 0.2) is 15.7 Å². The van der Waals surface area contributed by atoms with E-state index in [4.69, 9.17) is 14.7 Å². The average molecular weight is 678 g/mol. The lowest BCUT2D eigenvalue weighted by Gasteiger charge is -2.42. The molecule has 2 saturated heterocycles. The molecule has 1 amide bonds. The summed E-state index contributed by atoms with van der Waals surface area (Å²) in [5, 5.41) is 7.90. The molecule has 0 spiro atoms. The zero-order chi connectivity index (χ0) is 33.1. The summed E-state index contributed by atoms with van der Waals surface area (Å²) in [5.41, 5.74) is 2.37. The third-order valence-electron chi connectivity index (χ3n) is 8.95. The Kier molecular flexibility index (Phi) is 9.97. The van der Waals surface area contributed by atoms with Gasteiger partial charge in [0.1, 0.15) is 5.75 Å². The van der Waals surface area contributed by atoms with Crippen LogP contribution in [0.3, 0.4) is 0 Å². The fourth-order valence-corrected chi connectivity index (χ4v) is 8.14. The second-order valence-electron chi connectivity index (χ2n) is 12.4. The average Bonchev–Trinajstić information content (AvgIpc) is 3.55. The molecular formula is C34H43N7O4S2. The predicted octanol–water partition coefficient (Wildman–Crippen LogP) is 5.61. The van der Waals surface area contributed by atoms with Crippen molar-refractivity contribution in [1.82, 2.24) is 24.7 Å². The van der Waals surface area contributed by atoms with Crippen LogP contribution >= 0.6 is 11.3 Å². The fourth-order valence-electron chi connectivity index (χ4n) is 6.16. The van der Waals surface area contributed by atoms with Crippen LogP contribution in [0.15, 0.2) is 58.8 Å². The molecule has 2 aromatic carbocycles. The van der Waals surface area contributed by atoms with Gasteiger partial charge in [-0.3, -0.25) is 9.69 Å². The molecule has 2 aliphatic rings. The Morgan fingerprint density at radius 1 is 0.979 bits per heavy atom. The standard InChI is InChI=1S/C34H43N7O4S2/c1-5-45-29-22-24(33(42)41-15-12-25(13-16-41)40-19-17-39(4)18-20-40)10-11-26(29)36-34-37-28-14-21-46-31(28)32(38-34)35-27-8-6-7-9-30(27)47(43,44)23(2)3/h6-11,14,21-23,25H,5,12-13,15-20H2,1-4H3,(H2,35,36,37,38). The first-order valence-electron chi connectivity index (χ1n) is 16.2. The molecule has 0 unspecified atom stereocenters. The van der Waals surface area contributed by atoms with Gasteiger partial charge in [0, 0.05) is 50.9 Å². The second kappa shape index (κ2) is 14.1. The van der Waals surface area contributed by atoms with Crippen LogP contribution in [-0.4, -0.2) is 103 Å². The van der Waals surface area contributed by atoms with Crippen molar-refractivity contribution in [1.29, 1.82) is 0 Å². The van der Waals surface area contributed by atoms with Gasteiger partial charge in [-0.1, -0.05) is 12.1 Å². The highest BCUT2D eigenvalue weighted by Crippen LogP contribution is 2.35. The number of piperidine rings is 1. The van der Waals surface area contributed by atoms with Crippen LogP contribution in [0.2, 0.25) is 0 Å². The van der Waals surface area contributed by atoms with Crippen molar-refractivity contribution in [3.05, 3.63) is 59.5 Å². The molecule has 11 nitrogen and oxygen atoms in total. The van der Waals surface area contributed by atoms with Crippen molar-refractivity contribution in [2.24, 2.45) is 0 Å². The van der Waals surface area contributed by atoms with Crippen LogP contribution in [0.4, 0.5) is 23.1 Å². The van der Waals surface area contributed by atoms with E-state index in [1.807, 2.05) is 35.4 Å². The first kappa shape index (κ1) is 33.1. The van der Waals surface area contributed by atoms with Crippen LogP contribution in [0, 0.1) is 0 Å². The number of fused-ring (bicyclic) bond motifs is 1. The Morgan fingerprint density at radius 2 is 1.72 bits per heavy atom. The number of aromatic nitrogens is 2. The van der Waals surface area contributed by atoms with Gasteiger partial charge in [-0.15, -0.1) is 11.3 Å². The SMILES string of the molecule is CCOc1cc(C(=O)N2CCC(N3CCN(C)CC3)CC2)ccc1Nc1nc(Nc2ccccc2S(=O)(=O)C(C)C)c2sccc2n1. The van der Waals surface area contributed by atoms with Crippen molar-refractivity contribution < 1.29 is 17.9 Å². The van der Waals surface area contributed by atoms with Crippen LogP contribution in [0.1, 0.15) is 44.0 Å². The van der Waals surface area contributed by atoms with E-state index < -0.39 is 15.1 Å². The summed E-state index contributed by atoms with van der Waals surface area (Å²) in [6, 6.07) is 14.7. The Balaban J connectivity index is 1.21. The number of nitrogens with one attached hydrogen (secondary N) is 2. The number of carbonyl (C=O) groups is 1. The number of para-hydroxylation sites is 1. The molecule has 4 heterocycles. The van der Waals surface area contributed by atoms with Gasteiger partial charge in [-0.05, 0) is 82.4 Å². The summed E-state index contributed by atoms with van der Waals surface area (Å²) in [6.07, 6.45) is 1.97. The van der Waals surface area contributed by atoms with Gasteiger partial charge in [0.05, 0.1) is 38.3 Å². The van der Waals surface area contributed by atoms with Gasteiger partial charge in [0.2, 0.25) is 5.95 Å². The molecule has 0 radical (unpaired) electrons. The largest absolute Gasteiger partial charge is 0.492 e. The molecule has 0 saturated carbocycles. The van der Waals surface area contributed by atoms with Gasteiger partial charge in [0.25, 0.3) is 5.91 Å². The number of likely N-dealkylation sites (N-methyl/N-ethyl adjacent to an activating group) is 1. The smallest absolute Gasteiger partial charge is 0.253 e. The summed E-state index contributed by atoms with van der Waals surface area (Å²) < 4.78 is 33.0. The Bertz CT molecular complexity index is 1830. The van der Waals surface area contributed by atoms with Crippen molar-refractivity contribution in [3.8, 4) is 5.75 Å². The fraction of sp³-hybridized carbons (Fsp3) is 0.441. The van der Waals surface area contributed by atoms with Crippen molar-refractivity contribution in [2.45, 2.75) is 49.8 Å². The minimum atomic E-state index is -3.54.